The molecule has 1 aromatic carbocycles. The highest BCUT2D eigenvalue weighted by molar-refractivity contribution is 5.89. The maximum atomic E-state index is 13.2. The summed E-state index contributed by atoms with van der Waals surface area (Å²) >= 11 is 0. The Bertz CT molecular complexity index is 751. The largest absolute Gasteiger partial charge is 0.340 e. The molecular weight excluding hydrogens is 378 g/mol. The van der Waals surface area contributed by atoms with Crippen molar-refractivity contribution in [3.8, 4) is 0 Å². The standard InChI is InChI=1S/C24H35N3O3/c1-17(14-22(28)18(2)25-3)24(30)27-13-11-20-10-7-12-26(16-21(20)27)23(29)15-19-8-5-4-6-9-19/h4-6,8-9,17-18,20-21,25H,7,10-16H2,1-3H3/t17-,18+,20-,21-/m1/s1. The van der Waals surface area contributed by atoms with Crippen LogP contribution >= 0.6 is 0 Å². The summed E-state index contributed by atoms with van der Waals surface area (Å²) in [5.41, 5.74) is 1.02. The Morgan fingerprint density at radius 1 is 1.10 bits per heavy atom. The van der Waals surface area contributed by atoms with E-state index in [1.807, 2.05) is 54.0 Å². The highest BCUT2D eigenvalue weighted by Gasteiger charge is 2.41. The number of likely N-dealkylation sites (N-methyl/N-ethyl adjacent to an activating group) is 1. The van der Waals surface area contributed by atoms with Crippen molar-refractivity contribution in [2.45, 2.75) is 58.0 Å². The Kier molecular flexibility index (Phi) is 7.64. The zero-order chi connectivity index (χ0) is 21.7. The van der Waals surface area contributed by atoms with Gasteiger partial charge in [-0.3, -0.25) is 14.4 Å². The molecule has 2 fully saturated rings. The zero-order valence-electron chi connectivity index (χ0n) is 18.5. The first-order valence-corrected chi connectivity index (χ1v) is 11.2. The van der Waals surface area contributed by atoms with E-state index in [4.69, 9.17) is 0 Å². The van der Waals surface area contributed by atoms with Gasteiger partial charge in [-0.2, -0.15) is 0 Å². The summed E-state index contributed by atoms with van der Waals surface area (Å²) in [6.45, 7) is 5.77. The molecule has 4 atom stereocenters. The Morgan fingerprint density at radius 3 is 2.53 bits per heavy atom. The molecule has 0 aliphatic carbocycles. The van der Waals surface area contributed by atoms with Gasteiger partial charge in [-0.1, -0.05) is 37.3 Å². The summed E-state index contributed by atoms with van der Waals surface area (Å²) in [5.74, 6) is 0.366. The predicted octanol–water partition coefficient (Wildman–Crippen LogP) is 2.27. The van der Waals surface area contributed by atoms with Gasteiger partial charge in [0.05, 0.1) is 18.5 Å². The highest BCUT2D eigenvalue weighted by Crippen LogP contribution is 2.33. The number of nitrogens with zero attached hydrogens (tertiary/aromatic N) is 2. The molecule has 2 saturated heterocycles. The number of likely N-dealkylation sites (tertiary alicyclic amines) is 2. The number of hydrogen-bond acceptors (Lipinski definition) is 4. The van der Waals surface area contributed by atoms with Crippen molar-refractivity contribution in [2.75, 3.05) is 26.7 Å². The average Bonchev–Trinajstić information content (AvgIpc) is 3.02. The summed E-state index contributed by atoms with van der Waals surface area (Å²) < 4.78 is 0. The van der Waals surface area contributed by atoms with Crippen molar-refractivity contribution < 1.29 is 14.4 Å². The van der Waals surface area contributed by atoms with Crippen LogP contribution in [-0.4, -0.2) is 66.2 Å². The number of fused-ring (bicyclic) bond motifs is 1. The predicted molar refractivity (Wildman–Crippen MR) is 117 cm³/mol. The van der Waals surface area contributed by atoms with Gasteiger partial charge in [-0.05, 0) is 44.7 Å². The van der Waals surface area contributed by atoms with Gasteiger partial charge >= 0.3 is 0 Å². The maximum Gasteiger partial charge on any atom is 0.227 e. The molecule has 6 nitrogen and oxygen atoms in total. The molecule has 0 spiro atoms. The van der Waals surface area contributed by atoms with E-state index in [9.17, 15) is 14.4 Å². The Hall–Kier alpha value is -2.21. The quantitative estimate of drug-likeness (QED) is 0.745. The van der Waals surface area contributed by atoms with Gasteiger partial charge in [0.15, 0.2) is 0 Å². The van der Waals surface area contributed by atoms with Crippen molar-refractivity contribution in [3.63, 3.8) is 0 Å². The van der Waals surface area contributed by atoms with Crippen LogP contribution in [0.25, 0.3) is 0 Å². The lowest BCUT2D eigenvalue weighted by atomic mass is 9.95. The van der Waals surface area contributed by atoms with Crippen LogP contribution in [0.5, 0.6) is 0 Å². The summed E-state index contributed by atoms with van der Waals surface area (Å²) in [6, 6.07) is 9.65. The minimum absolute atomic E-state index is 0.0523. The molecule has 0 aromatic heterocycles. The van der Waals surface area contributed by atoms with Crippen molar-refractivity contribution in [1.82, 2.24) is 15.1 Å². The van der Waals surface area contributed by atoms with Gasteiger partial charge in [0.25, 0.3) is 0 Å². The van der Waals surface area contributed by atoms with Gasteiger partial charge in [0, 0.05) is 32.0 Å². The van der Waals surface area contributed by atoms with Crippen molar-refractivity contribution in [3.05, 3.63) is 35.9 Å². The van der Waals surface area contributed by atoms with Crippen LogP contribution in [0.3, 0.4) is 0 Å². The molecule has 0 saturated carbocycles. The summed E-state index contributed by atoms with van der Waals surface area (Å²) in [4.78, 5) is 42.3. The third kappa shape index (κ3) is 5.28. The van der Waals surface area contributed by atoms with Gasteiger partial charge in [-0.25, -0.2) is 0 Å². The van der Waals surface area contributed by atoms with Crippen LogP contribution in [0.15, 0.2) is 30.3 Å². The minimum Gasteiger partial charge on any atom is -0.340 e. The van der Waals surface area contributed by atoms with Crippen LogP contribution in [0.4, 0.5) is 0 Å². The molecule has 2 aliphatic heterocycles. The van der Waals surface area contributed by atoms with E-state index in [2.05, 4.69) is 5.32 Å². The number of carbonyl (C=O) groups is 3. The van der Waals surface area contributed by atoms with Gasteiger partial charge in [0.2, 0.25) is 11.8 Å². The molecule has 3 rings (SSSR count). The second kappa shape index (κ2) is 10.2. The highest BCUT2D eigenvalue weighted by atomic mass is 16.2. The smallest absolute Gasteiger partial charge is 0.227 e. The number of ketones is 1. The number of hydrogen-bond donors (Lipinski definition) is 1. The fraction of sp³-hybridized carbons (Fsp3) is 0.625. The fourth-order valence-corrected chi connectivity index (χ4v) is 4.76. The van der Waals surface area contributed by atoms with Crippen molar-refractivity contribution in [1.29, 1.82) is 0 Å². The summed E-state index contributed by atoms with van der Waals surface area (Å²) in [6.07, 6.45) is 3.68. The lowest BCUT2D eigenvalue weighted by molar-refractivity contribution is -0.140. The van der Waals surface area contributed by atoms with Crippen LogP contribution in [-0.2, 0) is 20.8 Å². The average molecular weight is 414 g/mol. The molecule has 30 heavy (non-hydrogen) atoms. The van der Waals surface area contributed by atoms with Crippen LogP contribution in [0.2, 0.25) is 0 Å². The molecular formula is C24H35N3O3. The third-order valence-electron chi connectivity index (χ3n) is 6.77. The zero-order valence-corrected chi connectivity index (χ0v) is 18.5. The third-order valence-corrected chi connectivity index (χ3v) is 6.77. The number of amides is 2. The Balaban J connectivity index is 1.65. The molecule has 2 aliphatic rings. The second-order valence-electron chi connectivity index (χ2n) is 8.87. The maximum absolute atomic E-state index is 13.2. The van der Waals surface area contributed by atoms with Crippen LogP contribution < -0.4 is 5.32 Å². The van der Waals surface area contributed by atoms with E-state index < -0.39 is 0 Å². The molecule has 164 valence electrons. The molecule has 1 N–H and O–H groups in total. The molecule has 0 bridgehead atoms. The van der Waals surface area contributed by atoms with Crippen LogP contribution in [0.1, 0.15) is 45.1 Å². The lowest BCUT2D eigenvalue weighted by Gasteiger charge is -2.32. The molecule has 2 amide bonds. The van der Waals surface area contributed by atoms with Crippen molar-refractivity contribution >= 4 is 17.6 Å². The number of benzene rings is 1. The molecule has 0 unspecified atom stereocenters. The second-order valence-corrected chi connectivity index (χ2v) is 8.87. The van der Waals surface area contributed by atoms with Gasteiger partial charge in [0.1, 0.15) is 5.78 Å². The normalized spacial score (nSPS) is 23.4. The Labute approximate surface area is 180 Å². The van der Waals surface area contributed by atoms with E-state index in [0.29, 0.717) is 18.9 Å². The van der Waals surface area contributed by atoms with E-state index >= 15 is 0 Å². The van der Waals surface area contributed by atoms with Crippen molar-refractivity contribution in [2.24, 2.45) is 11.8 Å². The number of rotatable bonds is 7. The van der Waals surface area contributed by atoms with E-state index in [1.165, 1.54) is 0 Å². The molecule has 0 radical (unpaired) electrons. The Morgan fingerprint density at radius 2 is 1.83 bits per heavy atom. The van der Waals surface area contributed by atoms with Gasteiger partial charge in [-0.15, -0.1) is 0 Å². The minimum atomic E-state index is -0.330. The van der Waals surface area contributed by atoms with E-state index in [1.54, 1.807) is 7.05 Å². The first-order valence-electron chi connectivity index (χ1n) is 11.2. The number of carbonyl (C=O) groups excluding carboxylic acids is 3. The first kappa shape index (κ1) is 22.5. The van der Waals surface area contributed by atoms with Gasteiger partial charge < -0.3 is 15.1 Å². The molecule has 6 heteroatoms. The SMILES string of the molecule is CN[C@@H](C)C(=O)C[C@@H](C)C(=O)N1CC[C@H]2CCCN(C(=O)Cc3ccccc3)C[C@H]21. The summed E-state index contributed by atoms with van der Waals surface area (Å²) in [7, 11) is 1.76. The van der Waals surface area contributed by atoms with Crippen LogP contribution in [0, 0.1) is 11.8 Å². The first-order chi connectivity index (χ1) is 14.4. The number of nitrogens with one attached hydrogen (secondary N) is 1. The molecule has 1 aromatic rings. The monoisotopic (exact) mass is 413 g/mol. The fourth-order valence-electron chi connectivity index (χ4n) is 4.76. The van der Waals surface area contributed by atoms with E-state index in [0.717, 1.165) is 37.9 Å². The molecule has 2 heterocycles. The van der Waals surface area contributed by atoms with E-state index in [-0.39, 0.29) is 42.0 Å². The topological polar surface area (TPSA) is 69.7 Å². The lowest BCUT2D eigenvalue weighted by Crippen LogP contribution is -2.48. The number of Topliss-reactive ketones (excluding diaryl/α,β-unsaturated/α-hetero) is 1. The summed E-state index contributed by atoms with van der Waals surface area (Å²) in [5, 5.41) is 2.95.